The number of carbonyl (C=O) groups is 1. The Kier molecular flexibility index (Phi) is 6.20. The molecular weight excluding hydrogens is 332 g/mol. The molecule has 0 amide bonds. The van der Waals surface area contributed by atoms with Crippen LogP contribution in [0.5, 0.6) is 0 Å². The van der Waals surface area contributed by atoms with Gasteiger partial charge in [-0.25, -0.2) is 0 Å². The lowest BCUT2D eigenvalue weighted by molar-refractivity contribution is -0.137. The van der Waals surface area contributed by atoms with Crippen molar-refractivity contribution in [1.29, 1.82) is 0 Å². The number of rotatable bonds is 6. The molecule has 21 heavy (non-hydrogen) atoms. The van der Waals surface area contributed by atoms with E-state index in [1.807, 2.05) is 0 Å². The third kappa shape index (κ3) is 3.96. The fraction of sp³-hybridized carbons (Fsp3) is 0.625. The molecule has 0 bridgehead atoms. The summed E-state index contributed by atoms with van der Waals surface area (Å²) in [6.07, 6.45) is 9.30. The molecule has 5 heteroatoms. The van der Waals surface area contributed by atoms with Crippen molar-refractivity contribution in [2.75, 3.05) is 6.54 Å². The number of allylic oxidation sites excluding steroid dienone is 2. The van der Waals surface area contributed by atoms with E-state index in [0.29, 0.717) is 6.04 Å². The van der Waals surface area contributed by atoms with Crippen LogP contribution in [0.25, 0.3) is 0 Å². The molecule has 0 aromatic carbocycles. The predicted octanol–water partition coefficient (Wildman–Crippen LogP) is 3.79. The van der Waals surface area contributed by atoms with Gasteiger partial charge in [-0.3, -0.25) is 9.79 Å². The fourth-order valence-electron chi connectivity index (χ4n) is 2.68. The lowest BCUT2D eigenvalue weighted by atomic mass is 9.79. The molecule has 2 heterocycles. The maximum absolute atomic E-state index is 10.5. The number of carboxylic acids is 1. The Morgan fingerprint density at radius 1 is 1.38 bits per heavy atom. The van der Waals surface area contributed by atoms with Gasteiger partial charge in [0.05, 0.1) is 6.04 Å². The zero-order valence-corrected chi connectivity index (χ0v) is 14.7. The molecule has 1 unspecified atom stereocenters. The number of amidine groups is 1. The second-order valence-electron chi connectivity index (χ2n) is 6.17. The van der Waals surface area contributed by atoms with Gasteiger partial charge < -0.3 is 10.0 Å². The highest BCUT2D eigenvalue weighted by Gasteiger charge is 2.40. The topological polar surface area (TPSA) is 52.9 Å². The fourth-order valence-corrected chi connectivity index (χ4v) is 2.68. The Morgan fingerprint density at radius 2 is 2.10 bits per heavy atom. The van der Waals surface area contributed by atoms with Crippen molar-refractivity contribution < 1.29 is 9.90 Å². The number of carboxylic acid groups (broad SMARTS) is 1. The second kappa shape index (κ2) is 7.25. The molecule has 0 saturated carbocycles. The van der Waals surface area contributed by atoms with Crippen LogP contribution in [0, 0.1) is 5.41 Å². The lowest BCUT2D eigenvalue weighted by Crippen LogP contribution is -2.32. The molecule has 0 fully saturated rings. The molecule has 0 aromatic rings. The summed E-state index contributed by atoms with van der Waals surface area (Å²) in [5.41, 5.74) is 1.42. The van der Waals surface area contributed by atoms with E-state index in [-0.39, 0.29) is 28.8 Å². The third-order valence-electron chi connectivity index (χ3n) is 4.39. The molecular formula is C16H25BrN2O2. The minimum atomic E-state index is -0.705. The Morgan fingerprint density at radius 3 is 2.76 bits per heavy atom. The van der Waals surface area contributed by atoms with Crippen molar-refractivity contribution >= 4 is 28.8 Å². The average molecular weight is 357 g/mol. The smallest absolute Gasteiger partial charge is 0.303 e. The molecule has 2 aliphatic heterocycles. The lowest BCUT2D eigenvalue weighted by Gasteiger charge is -2.29. The minimum absolute atomic E-state index is 0. The molecule has 0 aliphatic carbocycles. The van der Waals surface area contributed by atoms with Gasteiger partial charge in [-0.2, -0.15) is 0 Å². The highest BCUT2D eigenvalue weighted by atomic mass is 79.9. The van der Waals surface area contributed by atoms with E-state index in [9.17, 15) is 4.79 Å². The van der Waals surface area contributed by atoms with Crippen LogP contribution in [0.2, 0.25) is 0 Å². The first kappa shape index (κ1) is 18.0. The Hall–Kier alpha value is -1.10. The van der Waals surface area contributed by atoms with Crippen LogP contribution < -0.4 is 0 Å². The van der Waals surface area contributed by atoms with E-state index in [0.717, 1.165) is 31.6 Å². The van der Waals surface area contributed by atoms with Crippen molar-refractivity contribution in [1.82, 2.24) is 4.90 Å². The zero-order chi connectivity index (χ0) is 14.8. The van der Waals surface area contributed by atoms with Crippen molar-refractivity contribution in [3.05, 3.63) is 23.9 Å². The van der Waals surface area contributed by atoms with Gasteiger partial charge in [0.15, 0.2) is 0 Å². The van der Waals surface area contributed by atoms with Crippen LogP contribution in [0.1, 0.15) is 46.5 Å². The minimum Gasteiger partial charge on any atom is -0.481 e. The van der Waals surface area contributed by atoms with Gasteiger partial charge in [-0.05, 0) is 25.8 Å². The van der Waals surface area contributed by atoms with E-state index >= 15 is 0 Å². The van der Waals surface area contributed by atoms with E-state index in [2.05, 4.69) is 44.0 Å². The van der Waals surface area contributed by atoms with Crippen LogP contribution >= 0.6 is 17.0 Å². The quantitative estimate of drug-likeness (QED) is 0.736. The van der Waals surface area contributed by atoms with Crippen molar-refractivity contribution in [3.8, 4) is 0 Å². The van der Waals surface area contributed by atoms with E-state index in [1.54, 1.807) is 0 Å². The summed E-state index contributed by atoms with van der Waals surface area (Å²) in [4.78, 5) is 17.5. The highest BCUT2D eigenvalue weighted by molar-refractivity contribution is 8.93. The van der Waals surface area contributed by atoms with Gasteiger partial charge in [-0.15, -0.1) is 17.0 Å². The number of nitrogens with zero attached hydrogens (tertiary/aromatic N) is 2. The summed E-state index contributed by atoms with van der Waals surface area (Å²) >= 11 is 0. The van der Waals surface area contributed by atoms with Crippen LogP contribution in [0.15, 0.2) is 28.9 Å². The van der Waals surface area contributed by atoms with Crippen molar-refractivity contribution in [2.24, 2.45) is 10.4 Å². The Bertz CT molecular complexity index is 481. The molecule has 0 radical (unpaired) electrons. The summed E-state index contributed by atoms with van der Waals surface area (Å²) in [7, 11) is 0. The Balaban J connectivity index is 0.00000220. The molecule has 0 saturated heterocycles. The second-order valence-corrected chi connectivity index (χ2v) is 6.17. The first-order valence-corrected chi connectivity index (χ1v) is 7.38. The Labute approximate surface area is 137 Å². The summed E-state index contributed by atoms with van der Waals surface area (Å²) in [6.45, 7) is 7.56. The average Bonchev–Trinajstić information content (AvgIpc) is 2.61. The number of unbranched alkanes of at least 4 members (excludes halogenated alkanes) is 2. The third-order valence-corrected chi connectivity index (χ3v) is 4.39. The summed E-state index contributed by atoms with van der Waals surface area (Å²) < 4.78 is 0. The van der Waals surface area contributed by atoms with E-state index in [4.69, 9.17) is 10.1 Å². The number of halogens is 1. The maximum Gasteiger partial charge on any atom is 0.303 e. The number of fused-ring (bicyclic) bond motifs is 1. The van der Waals surface area contributed by atoms with Crippen LogP contribution in [0.3, 0.4) is 0 Å². The van der Waals surface area contributed by atoms with Gasteiger partial charge in [0, 0.05) is 30.2 Å². The number of hydrogen-bond acceptors (Lipinski definition) is 3. The van der Waals surface area contributed by atoms with Gasteiger partial charge in [-0.1, -0.05) is 26.3 Å². The zero-order valence-electron chi connectivity index (χ0n) is 13.0. The molecule has 2 rings (SSSR count). The molecule has 1 N–H and O–H groups in total. The monoisotopic (exact) mass is 356 g/mol. The van der Waals surface area contributed by atoms with Crippen molar-refractivity contribution in [2.45, 2.75) is 52.5 Å². The van der Waals surface area contributed by atoms with Crippen molar-refractivity contribution in [3.63, 3.8) is 0 Å². The first-order chi connectivity index (χ1) is 9.43. The van der Waals surface area contributed by atoms with E-state index in [1.165, 1.54) is 5.57 Å². The van der Waals surface area contributed by atoms with Gasteiger partial charge in [0.25, 0.3) is 0 Å². The standard InChI is InChI=1S/C16H24N2O2.BrH/c1-12-16(2,3)13-8-7-11-18(15(13)17-12)10-6-4-5-9-14(19)20;/h7-8,11-12H,4-6,9-10H2,1-3H3,(H,19,20);1H. The number of aliphatic imine (C=N–C) groups is 1. The van der Waals surface area contributed by atoms with Gasteiger partial charge >= 0.3 is 5.97 Å². The number of aliphatic carboxylic acids is 1. The molecule has 2 aliphatic rings. The van der Waals surface area contributed by atoms with Gasteiger partial charge in [0.2, 0.25) is 0 Å². The first-order valence-electron chi connectivity index (χ1n) is 7.38. The summed E-state index contributed by atoms with van der Waals surface area (Å²) in [5, 5.41) is 8.62. The summed E-state index contributed by atoms with van der Waals surface area (Å²) in [6, 6.07) is 0.304. The summed E-state index contributed by atoms with van der Waals surface area (Å²) in [5.74, 6) is 0.395. The van der Waals surface area contributed by atoms with E-state index < -0.39 is 5.97 Å². The largest absolute Gasteiger partial charge is 0.481 e. The molecule has 4 nitrogen and oxygen atoms in total. The highest BCUT2D eigenvalue weighted by Crippen LogP contribution is 2.41. The van der Waals surface area contributed by atoms with Gasteiger partial charge in [0.1, 0.15) is 5.84 Å². The predicted molar refractivity (Wildman–Crippen MR) is 91.0 cm³/mol. The number of hydrogen-bond donors (Lipinski definition) is 1. The maximum atomic E-state index is 10.5. The molecule has 118 valence electrons. The van der Waals surface area contributed by atoms with Crippen LogP contribution in [-0.4, -0.2) is 34.4 Å². The van der Waals surface area contributed by atoms with Crippen LogP contribution in [-0.2, 0) is 4.79 Å². The molecule has 1 atom stereocenters. The molecule has 0 aromatic heterocycles. The SMILES string of the molecule is Br.CC1N=C2C(=CC=CN2CCCCCC(=O)O)C1(C)C. The normalized spacial score (nSPS) is 22.2. The molecule has 0 spiro atoms. The van der Waals surface area contributed by atoms with Crippen LogP contribution in [0.4, 0.5) is 0 Å².